The molecular formula is C24H34N2O6. The second-order valence-corrected chi connectivity index (χ2v) is 8.82. The van der Waals surface area contributed by atoms with Gasteiger partial charge in [-0.15, -0.1) is 0 Å². The third kappa shape index (κ3) is 5.66. The minimum Gasteiger partial charge on any atom is -0.480 e. The van der Waals surface area contributed by atoms with E-state index in [9.17, 15) is 19.5 Å². The predicted molar refractivity (Wildman–Crippen MR) is 118 cm³/mol. The highest BCUT2D eigenvalue weighted by Crippen LogP contribution is 2.43. The first-order valence-corrected chi connectivity index (χ1v) is 11.4. The number of rotatable bonds is 9. The standard InChI is InChI=1S/C24H34N2O6/c1-3-32-23(30)19(18-7-5-4-6-8-18)9-12-25-17(2)21(27)26-16-24(10-13-31-14-11-24)15-20(26)22(28)29/h4-8,17,19-20,25H,3,9-16H2,1-2H3,(H,28,29)/t17-,19?,20?/m0/s1. The Labute approximate surface area is 189 Å². The number of carbonyl (C=O) groups is 3. The number of hydrogen-bond acceptors (Lipinski definition) is 6. The maximum Gasteiger partial charge on any atom is 0.326 e. The van der Waals surface area contributed by atoms with Crippen molar-refractivity contribution in [2.45, 2.75) is 57.5 Å². The molecule has 32 heavy (non-hydrogen) atoms. The Hall–Kier alpha value is -2.45. The Balaban J connectivity index is 1.60. The molecule has 8 heteroatoms. The van der Waals surface area contributed by atoms with Crippen molar-refractivity contribution in [3.8, 4) is 0 Å². The number of amides is 1. The van der Waals surface area contributed by atoms with E-state index in [0.29, 0.717) is 45.8 Å². The zero-order valence-electron chi connectivity index (χ0n) is 18.9. The predicted octanol–water partition coefficient (Wildman–Crippen LogP) is 2.18. The van der Waals surface area contributed by atoms with Gasteiger partial charge in [0.25, 0.3) is 0 Å². The Bertz CT molecular complexity index is 793. The van der Waals surface area contributed by atoms with Gasteiger partial charge < -0.3 is 24.8 Å². The number of ether oxygens (including phenoxy) is 2. The third-order valence-corrected chi connectivity index (χ3v) is 6.66. The molecule has 0 bridgehead atoms. The van der Waals surface area contributed by atoms with E-state index in [1.165, 1.54) is 4.90 Å². The van der Waals surface area contributed by atoms with Gasteiger partial charge >= 0.3 is 11.9 Å². The number of aliphatic carboxylic acids is 1. The SMILES string of the molecule is CCOC(=O)C(CCN[C@@H](C)C(=O)N1CC2(CCOCC2)CC1C(=O)O)c1ccccc1. The molecule has 2 N–H and O–H groups in total. The van der Waals surface area contributed by atoms with Crippen molar-refractivity contribution in [3.05, 3.63) is 35.9 Å². The van der Waals surface area contributed by atoms with Crippen molar-refractivity contribution in [3.63, 3.8) is 0 Å². The molecule has 3 rings (SSSR count). The number of carbonyl (C=O) groups excluding carboxylic acids is 2. The molecule has 0 saturated carbocycles. The minimum absolute atomic E-state index is 0.168. The van der Waals surface area contributed by atoms with Crippen LogP contribution in [0, 0.1) is 5.41 Å². The molecule has 0 aliphatic carbocycles. The monoisotopic (exact) mass is 446 g/mol. The number of benzene rings is 1. The maximum atomic E-state index is 13.1. The first kappa shape index (κ1) is 24.2. The molecule has 2 aliphatic heterocycles. The summed E-state index contributed by atoms with van der Waals surface area (Å²) in [5.74, 6) is -1.88. The summed E-state index contributed by atoms with van der Waals surface area (Å²) in [6.45, 7) is 5.93. The van der Waals surface area contributed by atoms with Crippen molar-refractivity contribution in [1.82, 2.24) is 10.2 Å². The normalized spacial score (nSPS) is 21.8. The molecule has 8 nitrogen and oxygen atoms in total. The molecule has 1 aromatic rings. The second kappa shape index (κ2) is 10.9. The van der Waals surface area contributed by atoms with Crippen molar-refractivity contribution >= 4 is 17.8 Å². The molecule has 3 atom stereocenters. The van der Waals surface area contributed by atoms with E-state index in [4.69, 9.17) is 9.47 Å². The summed E-state index contributed by atoms with van der Waals surface area (Å²) in [5, 5.41) is 12.9. The number of nitrogens with one attached hydrogen (secondary N) is 1. The van der Waals surface area contributed by atoms with Crippen molar-refractivity contribution in [2.24, 2.45) is 5.41 Å². The number of esters is 1. The smallest absolute Gasteiger partial charge is 0.326 e. The molecule has 2 heterocycles. The van der Waals surface area contributed by atoms with Crippen LogP contribution in [0.3, 0.4) is 0 Å². The number of hydrogen-bond donors (Lipinski definition) is 2. The van der Waals surface area contributed by atoms with Gasteiger partial charge in [-0.1, -0.05) is 30.3 Å². The van der Waals surface area contributed by atoms with Gasteiger partial charge in [0, 0.05) is 19.8 Å². The Morgan fingerprint density at radius 2 is 1.94 bits per heavy atom. The van der Waals surface area contributed by atoms with E-state index in [1.54, 1.807) is 13.8 Å². The van der Waals surface area contributed by atoms with E-state index in [-0.39, 0.29) is 17.3 Å². The van der Waals surface area contributed by atoms with Gasteiger partial charge in [-0.25, -0.2) is 4.79 Å². The quantitative estimate of drug-likeness (QED) is 0.560. The number of nitrogens with zero attached hydrogens (tertiary/aromatic N) is 1. The Morgan fingerprint density at radius 1 is 1.25 bits per heavy atom. The molecular weight excluding hydrogens is 412 g/mol. The fraction of sp³-hybridized carbons (Fsp3) is 0.625. The van der Waals surface area contributed by atoms with Gasteiger partial charge in [0.15, 0.2) is 0 Å². The number of carboxylic acid groups (broad SMARTS) is 1. The molecule has 2 saturated heterocycles. The van der Waals surface area contributed by atoms with Crippen LogP contribution < -0.4 is 5.32 Å². The zero-order valence-corrected chi connectivity index (χ0v) is 18.9. The van der Waals surface area contributed by atoms with E-state index >= 15 is 0 Å². The lowest BCUT2D eigenvalue weighted by Crippen LogP contribution is -2.49. The molecule has 1 aromatic carbocycles. The first-order chi connectivity index (χ1) is 15.4. The summed E-state index contributed by atoms with van der Waals surface area (Å²) in [4.78, 5) is 39.0. The summed E-state index contributed by atoms with van der Waals surface area (Å²) in [7, 11) is 0. The number of carboxylic acids is 1. The fourth-order valence-corrected chi connectivity index (χ4v) is 4.80. The molecule has 2 fully saturated rings. The zero-order chi connectivity index (χ0) is 23.1. The van der Waals surface area contributed by atoms with Crippen LogP contribution in [-0.4, -0.2) is 72.8 Å². The van der Waals surface area contributed by atoms with Crippen LogP contribution in [0.4, 0.5) is 0 Å². The van der Waals surface area contributed by atoms with Gasteiger partial charge in [-0.3, -0.25) is 9.59 Å². The van der Waals surface area contributed by atoms with Gasteiger partial charge in [-0.2, -0.15) is 0 Å². The Morgan fingerprint density at radius 3 is 2.56 bits per heavy atom. The van der Waals surface area contributed by atoms with E-state index < -0.39 is 24.0 Å². The Kier molecular flexibility index (Phi) is 8.26. The molecule has 1 spiro atoms. The highest BCUT2D eigenvalue weighted by Gasteiger charge is 2.49. The van der Waals surface area contributed by atoms with Crippen LogP contribution >= 0.6 is 0 Å². The molecule has 0 radical (unpaired) electrons. The number of likely N-dealkylation sites (tertiary alicyclic amines) is 1. The highest BCUT2D eigenvalue weighted by molar-refractivity contribution is 5.87. The van der Waals surface area contributed by atoms with Crippen LogP contribution in [0.1, 0.15) is 51.0 Å². The van der Waals surface area contributed by atoms with Crippen LogP contribution in [-0.2, 0) is 23.9 Å². The third-order valence-electron chi connectivity index (χ3n) is 6.66. The van der Waals surface area contributed by atoms with E-state index in [0.717, 1.165) is 18.4 Å². The first-order valence-electron chi connectivity index (χ1n) is 11.4. The molecule has 0 aromatic heterocycles. The van der Waals surface area contributed by atoms with E-state index in [1.807, 2.05) is 30.3 Å². The molecule has 2 aliphatic rings. The van der Waals surface area contributed by atoms with Gasteiger partial charge in [-0.05, 0) is 57.1 Å². The summed E-state index contributed by atoms with van der Waals surface area (Å²) in [5.41, 5.74) is 0.706. The lowest BCUT2D eigenvalue weighted by Gasteiger charge is -2.33. The summed E-state index contributed by atoms with van der Waals surface area (Å²) in [6, 6.07) is 8.09. The maximum absolute atomic E-state index is 13.1. The van der Waals surface area contributed by atoms with Crippen LogP contribution in [0.5, 0.6) is 0 Å². The average Bonchev–Trinajstić information content (AvgIpc) is 3.16. The molecule has 176 valence electrons. The fourth-order valence-electron chi connectivity index (χ4n) is 4.80. The van der Waals surface area contributed by atoms with Gasteiger partial charge in [0.05, 0.1) is 18.6 Å². The van der Waals surface area contributed by atoms with Crippen LogP contribution in [0.25, 0.3) is 0 Å². The van der Waals surface area contributed by atoms with Crippen molar-refractivity contribution in [1.29, 1.82) is 0 Å². The highest BCUT2D eigenvalue weighted by atomic mass is 16.5. The summed E-state index contributed by atoms with van der Waals surface area (Å²) in [6.07, 6.45) is 2.51. The lowest BCUT2D eigenvalue weighted by molar-refractivity contribution is -0.149. The summed E-state index contributed by atoms with van der Waals surface area (Å²) >= 11 is 0. The van der Waals surface area contributed by atoms with E-state index in [2.05, 4.69) is 5.32 Å². The van der Waals surface area contributed by atoms with Crippen molar-refractivity contribution < 1.29 is 29.0 Å². The largest absolute Gasteiger partial charge is 0.480 e. The average molecular weight is 447 g/mol. The second-order valence-electron chi connectivity index (χ2n) is 8.82. The molecule has 2 unspecified atom stereocenters. The van der Waals surface area contributed by atoms with Crippen LogP contribution in [0.15, 0.2) is 30.3 Å². The molecule has 1 amide bonds. The lowest BCUT2D eigenvalue weighted by atomic mass is 9.78. The van der Waals surface area contributed by atoms with Gasteiger partial charge in [0.2, 0.25) is 5.91 Å². The van der Waals surface area contributed by atoms with Crippen LogP contribution in [0.2, 0.25) is 0 Å². The van der Waals surface area contributed by atoms with Crippen molar-refractivity contribution in [2.75, 3.05) is 32.9 Å². The van der Waals surface area contributed by atoms with Gasteiger partial charge in [0.1, 0.15) is 6.04 Å². The summed E-state index contributed by atoms with van der Waals surface area (Å²) < 4.78 is 10.7. The minimum atomic E-state index is -0.958. The topological polar surface area (TPSA) is 105 Å².